The van der Waals surface area contributed by atoms with Crippen LogP contribution < -0.4 is 4.90 Å². The van der Waals surface area contributed by atoms with Crippen molar-refractivity contribution in [1.29, 1.82) is 0 Å². The molecule has 28 heavy (non-hydrogen) atoms. The number of nitrogens with zero attached hydrogens (tertiary/aromatic N) is 4. The quantitative estimate of drug-likeness (QED) is 0.671. The van der Waals surface area contributed by atoms with Crippen LogP contribution in [-0.4, -0.2) is 46.8 Å². The molecule has 1 aromatic heterocycles. The van der Waals surface area contributed by atoms with Gasteiger partial charge in [-0.25, -0.2) is 9.07 Å². The highest BCUT2D eigenvalue weighted by Crippen LogP contribution is 2.20. The lowest BCUT2D eigenvalue weighted by Gasteiger charge is -2.36. The van der Waals surface area contributed by atoms with Crippen LogP contribution in [-0.2, 0) is 0 Å². The van der Waals surface area contributed by atoms with E-state index in [4.69, 9.17) is 11.6 Å². The van der Waals surface area contributed by atoms with Gasteiger partial charge in [0.05, 0.1) is 11.4 Å². The number of piperazine rings is 1. The van der Waals surface area contributed by atoms with E-state index in [0.717, 1.165) is 17.1 Å². The topological polar surface area (TPSA) is 41.4 Å². The molecule has 5 nitrogen and oxygen atoms in total. The summed E-state index contributed by atoms with van der Waals surface area (Å²) < 4.78 is 14.8. The first-order chi connectivity index (χ1) is 13.5. The molecule has 1 amide bonds. The van der Waals surface area contributed by atoms with Crippen LogP contribution in [0.3, 0.4) is 0 Å². The minimum Gasteiger partial charge on any atom is -0.368 e. The van der Waals surface area contributed by atoms with Crippen LogP contribution >= 0.6 is 11.6 Å². The van der Waals surface area contributed by atoms with E-state index in [-0.39, 0.29) is 11.7 Å². The Morgan fingerprint density at radius 3 is 2.21 bits per heavy atom. The summed E-state index contributed by atoms with van der Waals surface area (Å²) in [4.78, 5) is 17.1. The van der Waals surface area contributed by atoms with Gasteiger partial charge in [-0.3, -0.25) is 4.79 Å². The van der Waals surface area contributed by atoms with E-state index in [2.05, 4.69) is 10.00 Å². The Kier molecular flexibility index (Phi) is 5.05. The molecule has 1 aliphatic rings. The van der Waals surface area contributed by atoms with Crippen molar-refractivity contribution in [3.63, 3.8) is 0 Å². The van der Waals surface area contributed by atoms with Crippen LogP contribution in [0.15, 0.2) is 54.6 Å². The van der Waals surface area contributed by atoms with Crippen molar-refractivity contribution in [1.82, 2.24) is 14.7 Å². The minimum absolute atomic E-state index is 0.0469. The van der Waals surface area contributed by atoms with Crippen molar-refractivity contribution < 1.29 is 9.18 Å². The number of carbonyl (C=O) groups excluding carboxylic acids is 1. The van der Waals surface area contributed by atoms with E-state index in [1.54, 1.807) is 28.9 Å². The number of hydrogen-bond acceptors (Lipinski definition) is 3. The summed E-state index contributed by atoms with van der Waals surface area (Å²) in [6.45, 7) is 4.47. The van der Waals surface area contributed by atoms with Crippen LogP contribution in [0.5, 0.6) is 0 Å². The monoisotopic (exact) mass is 398 g/mol. The van der Waals surface area contributed by atoms with Crippen molar-refractivity contribution in [2.75, 3.05) is 31.1 Å². The van der Waals surface area contributed by atoms with Crippen LogP contribution in [0, 0.1) is 12.7 Å². The highest BCUT2D eigenvalue weighted by atomic mass is 35.5. The smallest absolute Gasteiger partial charge is 0.272 e. The molecule has 0 bridgehead atoms. The third-order valence-corrected chi connectivity index (χ3v) is 5.13. The number of anilines is 1. The molecule has 7 heteroatoms. The Morgan fingerprint density at radius 2 is 1.57 bits per heavy atom. The number of benzene rings is 2. The Bertz CT molecular complexity index is 977. The van der Waals surface area contributed by atoms with Crippen LogP contribution in [0.4, 0.5) is 10.1 Å². The zero-order valence-electron chi connectivity index (χ0n) is 15.5. The normalized spacial score (nSPS) is 14.4. The van der Waals surface area contributed by atoms with Crippen molar-refractivity contribution in [2.45, 2.75) is 6.92 Å². The second kappa shape index (κ2) is 7.64. The molecule has 1 saturated heterocycles. The van der Waals surface area contributed by atoms with Crippen molar-refractivity contribution in [3.8, 4) is 5.69 Å². The molecule has 0 atom stereocenters. The molecule has 0 radical (unpaired) electrons. The first kappa shape index (κ1) is 18.5. The molecule has 0 N–H and O–H groups in total. The number of halogens is 2. The second-order valence-corrected chi connectivity index (χ2v) is 7.25. The van der Waals surface area contributed by atoms with Crippen LogP contribution in [0.1, 0.15) is 16.2 Å². The molecular formula is C21H20ClFN4O. The van der Waals surface area contributed by atoms with Gasteiger partial charge in [0.2, 0.25) is 0 Å². The molecule has 2 aromatic carbocycles. The number of rotatable bonds is 3. The summed E-state index contributed by atoms with van der Waals surface area (Å²) in [5.41, 5.74) is 3.08. The van der Waals surface area contributed by atoms with Crippen molar-refractivity contribution in [2.24, 2.45) is 0 Å². The Hall–Kier alpha value is -2.86. The zero-order chi connectivity index (χ0) is 19.7. The number of carbonyl (C=O) groups is 1. The van der Waals surface area contributed by atoms with Gasteiger partial charge in [0, 0.05) is 36.9 Å². The fourth-order valence-corrected chi connectivity index (χ4v) is 3.54. The molecule has 0 saturated carbocycles. The predicted molar refractivity (Wildman–Crippen MR) is 108 cm³/mol. The lowest BCUT2D eigenvalue weighted by molar-refractivity contribution is 0.0737. The summed E-state index contributed by atoms with van der Waals surface area (Å²) in [6, 6.07) is 15.5. The van der Waals surface area contributed by atoms with Gasteiger partial charge < -0.3 is 9.80 Å². The van der Waals surface area contributed by atoms with E-state index in [0.29, 0.717) is 36.9 Å². The standard InChI is InChI=1S/C21H20ClFN4O/c1-15-14-20(27(24-15)19-6-2-16(22)3-7-19)21(28)26-12-10-25(11-13-26)18-8-4-17(23)5-9-18/h2-9,14H,10-13H2,1H3. The molecule has 3 aromatic rings. The van der Waals surface area contributed by atoms with Crippen molar-refractivity contribution >= 4 is 23.2 Å². The highest BCUT2D eigenvalue weighted by Gasteiger charge is 2.25. The zero-order valence-corrected chi connectivity index (χ0v) is 16.2. The fourth-order valence-electron chi connectivity index (χ4n) is 3.41. The van der Waals surface area contributed by atoms with Crippen LogP contribution in [0.2, 0.25) is 5.02 Å². The molecule has 1 fully saturated rings. The van der Waals surface area contributed by atoms with E-state index >= 15 is 0 Å². The lowest BCUT2D eigenvalue weighted by atomic mass is 10.2. The third-order valence-electron chi connectivity index (χ3n) is 4.88. The molecule has 0 unspecified atom stereocenters. The van der Waals surface area contributed by atoms with E-state index in [9.17, 15) is 9.18 Å². The number of aryl methyl sites for hydroxylation is 1. The summed E-state index contributed by atoms with van der Waals surface area (Å²) in [7, 11) is 0. The average molecular weight is 399 g/mol. The maximum Gasteiger partial charge on any atom is 0.272 e. The van der Waals surface area contributed by atoms with Gasteiger partial charge in [0.15, 0.2) is 0 Å². The lowest BCUT2D eigenvalue weighted by Crippen LogP contribution is -2.49. The van der Waals surface area contributed by atoms with Gasteiger partial charge in [-0.2, -0.15) is 5.10 Å². The second-order valence-electron chi connectivity index (χ2n) is 6.81. The molecule has 144 valence electrons. The molecule has 2 heterocycles. The third kappa shape index (κ3) is 3.73. The van der Waals surface area contributed by atoms with E-state index < -0.39 is 0 Å². The maximum atomic E-state index is 13.1. The van der Waals surface area contributed by atoms with Crippen LogP contribution in [0.25, 0.3) is 5.69 Å². The Balaban J connectivity index is 1.50. The molecular weight excluding hydrogens is 379 g/mol. The molecule has 0 spiro atoms. The largest absolute Gasteiger partial charge is 0.368 e. The van der Waals surface area contributed by atoms with Gasteiger partial charge in [0.25, 0.3) is 5.91 Å². The number of aromatic nitrogens is 2. The van der Waals surface area contributed by atoms with E-state index in [1.165, 1.54) is 12.1 Å². The summed E-state index contributed by atoms with van der Waals surface area (Å²) in [6.07, 6.45) is 0. The summed E-state index contributed by atoms with van der Waals surface area (Å²) >= 11 is 5.97. The maximum absolute atomic E-state index is 13.1. The summed E-state index contributed by atoms with van der Waals surface area (Å²) in [5, 5.41) is 5.11. The Morgan fingerprint density at radius 1 is 0.964 bits per heavy atom. The molecule has 1 aliphatic heterocycles. The van der Waals surface area contributed by atoms with Gasteiger partial charge in [-0.15, -0.1) is 0 Å². The predicted octanol–water partition coefficient (Wildman–Crippen LogP) is 3.94. The fraction of sp³-hybridized carbons (Fsp3) is 0.238. The van der Waals surface area contributed by atoms with E-state index in [1.807, 2.05) is 30.0 Å². The minimum atomic E-state index is -0.247. The number of amides is 1. The SMILES string of the molecule is Cc1cc(C(=O)N2CCN(c3ccc(F)cc3)CC2)n(-c2ccc(Cl)cc2)n1. The summed E-state index contributed by atoms with van der Waals surface area (Å²) in [5.74, 6) is -0.294. The first-order valence-corrected chi connectivity index (χ1v) is 9.51. The van der Waals surface area contributed by atoms with Gasteiger partial charge >= 0.3 is 0 Å². The van der Waals surface area contributed by atoms with Gasteiger partial charge in [-0.1, -0.05) is 11.6 Å². The molecule has 0 aliphatic carbocycles. The average Bonchev–Trinajstić information content (AvgIpc) is 3.10. The van der Waals surface area contributed by atoms with Crippen molar-refractivity contribution in [3.05, 3.63) is 76.8 Å². The number of hydrogen-bond donors (Lipinski definition) is 0. The first-order valence-electron chi connectivity index (χ1n) is 9.14. The van der Waals surface area contributed by atoms with Gasteiger partial charge in [0.1, 0.15) is 11.5 Å². The highest BCUT2D eigenvalue weighted by molar-refractivity contribution is 6.30. The Labute approximate surface area is 167 Å². The molecule has 4 rings (SSSR count). The van der Waals surface area contributed by atoms with Gasteiger partial charge in [-0.05, 0) is 61.5 Å².